The van der Waals surface area contributed by atoms with Gasteiger partial charge in [0.25, 0.3) is 0 Å². The normalized spacial score (nSPS) is 26.2. The minimum Gasteiger partial charge on any atom is -0.391 e. The lowest BCUT2D eigenvalue weighted by molar-refractivity contribution is -0.0130. The van der Waals surface area contributed by atoms with Crippen LogP contribution in [0.15, 0.2) is 30.3 Å². The number of hydrogen-bond donors (Lipinski definition) is 1. The molecule has 0 spiro atoms. The van der Waals surface area contributed by atoms with Gasteiger partial charge in [0, 0.05) is 12.6 Å². The van der Waals surface area contributed by atoms with E-state index in [0.717, 1.165) is 19.4 Å². The van der Waals surface area contributed by atoms with E-state index in [9.17, 15) is 5.11 Å². The highest BCUT2D eigenvalue weighted by atomic mass is 16.3. The molecule has 2 heteroatoms. The molecule has 1 N–H and O–H groups in total. The van der Waals surface area contributed by atoms with Gasteiger partial charge in [-0.3, -0.25) is 4.90 Å². The fourth-order valence-electron chi connectivity index (χ4n) is 1.97. The van der Waals surface area contributed by atoms with E-state index in [1.54, 1.807) is 0 Å². The Kier molecular flexibility index (Phi) is 2.85. The number of aliphatic hydroxyl groups is 1. The molecule has 1 saturated carbocycles. The number of nitrogens with zero attached hydrogens (tertiary/aromatic N) is 1. The molecule has 2 rings (SSSR count). The van der Waals surface area contributed by atoms with Crippen LogP contribution in [0.1, 0.15) is 18.4 Å². The van der Waals surface area contributed by atoms with Gasteiger partial charge < -0.3 is 5.11 Å². The van der Waals surface area contributed by atoms with Crippen LogP contribution in [0.5, 0.6) is 0 Å². The summed E-state index contributed by atoms with van der Waals surface area (Å²) >= 11 is 0. The van der Waals surface area contributed by atoms with Crippen LogP contribution < -0.4 is 0 Å². The standard InChI is InChI=1S/C12H17NO/c1-13(11-7-8-12(11)14)9-10-5-3-2-4-6-10/h2-6,11-12,14H,7-9H2,1H3. The van der Waals surface area contributed by atoms with Crippen LogP contribution in [-0.4, -0.2) is 29.2 Å². The third kappa shape index (κ3) is 1.97. The first-order valence-electron chi connectivity index (χ1n) is 5.19. The summed E-state index contributed by atoms with van der Waals surface area (Å²) in [6, 6.07) is 10.8. The molecule has 0 aliphatic heterocycles. The highest BCUT2D eigenvalue weighted by molar-refractivity contribution is 5.14. The average Bonchev–Trinajstić information content (AvgIpc) is 2.17. The van der Waals surface area contributed by atoms with Gasteiger partial charge in [-0.05, 0) is 25.5 Å². The summed E-state index contributed by atoms with van der Waals surface area (Å²) in [5.41, 5.74) is 1.31. The molecule has 0 heterocycles. The number of likely N-dealkylation sites (N-methyl/N-ethyl adjacent to an activating group) is 1. The van der Waals surface area contributed by atoms with Gasteiger partial charge in [-0.25, -0.2) is 0 Å². The fraction of sp³-hybridized carbons (Fsp3) is 0.500. The van der Waals surface area contributed by atoms with Gasteiger partial charge in [-0.1, -0.05) is 30.3 Å². The molecule has 0 saturated heterocycles. The molecule has 2 nitrogen and oxygen atoms in total. The molecule has 1 aliphatic carbocycles. The van der Waals surface area contributed by atoms with Crippen molar-refractivity contribution in [2.24, 2.45) is 0 Å². The number of hydrogen-bond acceptors (Lipinski definition) is 2. The minimum absolute atomic E-state index is 0.108. The van der Waals surface area contributed by atoms with Crippen LogP contribution in [0, 0.1) is 0 Å². The van der Waals surface area contributed by atoms with Crippen LogP contribution >= 0.6 is 0 Å². The molecule has 1 aromatic carbocycles. The quantitative estimate of drug-likeness (QED) is 0.785. The summed E-state index contributed by atoms with van der Waals surface area (Å²) in [6.07, 6.45) is 1.98. The number of rotatable bonds is 3. The van der Waals surface area contributed by atoms with Crippen molar-refractivity contribution in [3.63, 3.8) is 0 Å². The first kappa shape index (κ1) is 9.69. The summed E-state index contributed by atoms with van der Waals surface area (Å²) in [5, 5.41) is 9.51. The maximum Gasteiger partial charge on any atom is 0.0696 e. The zero-order valence-corrected chi connectivity index (χ0v) is 8.56. The maximum absolute atomic E-state index is 9.51. The van der Waals surface area contributed by atoms with Crippen molar-refractivity contribution in [2.45, 2.75) is 31.5 Å². The highest BCUT2D eigenvalue weighted by Crippen LogP contribution is 2.25. The number of aliphatic hydroxyl groups excluding tert-OH is 1. The van der Waals surface area contributed by atoms with Crippen LogP contribution in [0.4, 0.5) is 0 Å². The van der Waals surface area contributed by atoms with Crippen molar-refractivity contribution in [3.05, 3.63) is 35.9 Å². The topological polar surface area (TPSA) is 23.5 Å². The van der Waals surface area contributed by atoms with E-state index >= 15 is 0 Å². The smallest absolute Gasteiger partial charge is 0.0696 e. The van der Waals surface area contributed by atoms with E-state index < -0.39 is 0 Å². The van der Waals surface area contributed by atoms with Crippen molar-refractivity contribution in [1.82, 2.24) is 4.90 Å². The van der Waals surface area contributed by atoms with Crippen LogP contribution in [0.3, 0.4) is 0 Å². The summed E-state index contributed by atoms with van der Waals surface area (Å²) < 4.78 is 0. The monoisotopic (exact) mass is 191 g/mol. The van der Waals surface area contributed by atoms with Crippen LogP contribution in [0.2, 0.25) is 0 Å². The predicted molar refractivity (Wildman–Crippen MR) is 56.9 cm³/mol. The van der Waals surface area contributed by atoms with E-state index in [1.165, 1.54) is 5.56 Å². The van der Waals surface area contributed by atoms with E-state index in [-0.39, 0.29) is 6.10 Å². The molecule has 2 unspecified atom stereocenters. The van der Waals surface area contributed by atoms with Gasteiger partial charge in [0.1, 0.15) is 0 Å². The minimum atomic E-state index is -0.108. The van der Waals surface area contributed by atoms with Gasteiger partial charge in [-0.15, -0.1) is 0 Å². The molecular formula is C12H17NO. The Hall–Kier alpha value is -0.860. The zero-order valence-electron chi connectivity index (χ0n) is 8.56. The molecule has 0 amide bonds. The van der Waals surface area contributed by atoms with Crippen LogP contribution in [0.25, 0.3) is 0 Å². The third-order valence-corrected chi connectivity index (χ3v) is 3.04. The SMILES string of the molecule is CN(Cc1ccccc1)C1CCC1O. The lowest BCUT2D eigenvalue weighted by Crippen LogP contribution is -2.48. The molecule has 76 valence electrons. The van der Waals surface area contributed by atoms with Crippen molar-refractivity contribution in [3.8, 4) is 0 Å². The molecular weight excluding hydrogens is 174 g/mol. The van der Waals surface area contributed by atoms with Gasteiger partial charge in [0.2, 0.25) is 0 Å². The molecule has 0 radical (unpaired) electrons. The van der Waals surface area contributed by atoms with Crippen molar-refractivity contribution < 1.29 is 5.11 Å². The average molecular weight is 191 g/mol. The zero-order chi connectivity index (χ0) is 9.97. The van der Waals surface area contributed by atoms with Gasteiger partial charge >= 0.3 is 0 Å². The molecule has 0 aromatic heterocycles. The van der Waals surface area contributed by atoms with Crippen molar-refractivity contribution in [1.29, 1.82) is 0 Å². The second kappa shape index (κ2) is 4.11. The van der Waals surface area contributed by atoms with E-state index in [1.807, 2.05) is 6.07 Å². The molecule has 1 aliphatic rings. The lowest BCUT2D eigenvalue weighted by atomic mass is 9.88. The Labute approximate surface area is 85.2 Å². The van der Waals surface area contributed by atoms with E-state index in [4.69, 9.17) is 0 Å². The molecule has 0 bridgehead atoms. The molecule has 1 aromatic rings. The Morgan fingerprint density at radius 1 is 1.29 bits per heavy atom. The first-order chi connectivity index (χ1) is 6.77. The maximum atomic E-state index is 9.51. The van der Waals surface area contributed by atoms with Crippen molar-refractivity contribution >= 4 is 0 Å². The second-order valence-corrected chi connectivity index (χ2v) is 4.11. The lowest BCUT2D eigenvalue weighted by Gasteiger charge is -2.39. The summed E-state index contributed by atoms with van der Waals surface area (Å²) in [5.74, 6) is 0. The van der Waals surface area contributed by atoms with Crippen LogP contribution in [-0.2, 0) is 6.54 Å². The number of benzene rings is 1. The van der Waals surface area contributed by atoms with Gasteiger partial charge in [0.15, 0.2) is 0 Å². The summed E-state index contributed by atoms with van der Waals surface area (Å²) in [6.45, 7) is 0.933. The van der Waals surface area contributed by atoms with Gasteiger partial charge in [0.05, 0.1) is 6.10 Å². The Morgan fingerprint density at radius 3 is 2.50 bits per heavy atom. The fourth-order valence-corrected chi connectivity index (χ4v) is 1.97. The third-order valence-electron chi connectivity index (χ3n) is 3.04. The van der Waals surface area contributed by atoms with Gasteiger partial charge in [-0.2, -0.15) is 0 Å². The largest absolute Gasteiger partial charge is 0.391 e. The second-order valence-electron chi connectivity index (χ2n) is 4.11. The highest BCUT2D eigenvalue weighted by Gasteiger charge is 2.31. The predicted octanol–water partition coefficient (Wildman–Crippen LogP) is 1.64. The molecule has 14 heavy (non-hydrogen) atoms. The Morgan fingerprint density at radius 2 is 2.00 bits per heavy atom. The van der Waals surface area contributed by atoms with Crippen molar-refractivity contribution in [2.75, 3.05) is 7.05 Å². The summed E-state index contributed by atoms with van der Waals surface area (Å²) in [7, 11) is 2.08. The molecule has 2 atom stereocenters. The Bertz CT molecular complexity index is 286. The van der Waals surface area contributed by atoms with E-state index in [2.05, 4.69) is 36.2 Å². The Balaban J connectivity index is 1.91. The molecule has 1 fully saturated rings. The first-order valence-corrected chi connectivity index (χ1v) is 5.19. The summed E-state index contributed by atoms with van der Waals surface area (Å²) in [4.78, 5) is 2.24. The van der Waals surface area contributed by atoms with E-state index in [0.29, 0.717) is 6.04 Å².